The van der Waals surface area contributed by atoms with E-state index in [0.29, 0.717) is 6.71 Å². The maximum Gasteiger partial charge on any atom is 0.197 e. The Morgan fingerprint density at radius 2 is 1.82 bits per heavy atom. The van der Waals surface area contributed by atoms with Crippen LogP contribution in [-0.2, 0) is 0 Å². The first-order chi connectivity index (χ1) is 4.84. The Labute approximate surface area is 73.4 Å². The molecule has 11 heavy (non-hydrogen) atoms. The van der Waals surface area contributed by atoms with Gasteiger partial charge in [-0.2, -0.15) is 0 Å². The van der Waals surface area contributed by atoms with Crippen LogP contribution in [0.2, 0.25) is 6.82 Å². The van der Waals surface area contributed by atoms with E-state index >= 15 is 0 Å². The van der Waals surface area contributed by atoms with Gasteiger partial charge < -0.3 is 0 Å². The average molecular weight is 162 g/mol. The van der Waals surface area contributed by atoms with Crippen LogP contribution in [0.4, 0.5) is 0 Å². The maximum atomic E-state index is 3.74. The minimum Gasteiger partial charge on any atom is -0.117 e. The summed E-state index contributed by atoms with van der Waals surface area (Å²) in [5.41, 5.74) is 1.33. The zero-order valence-electron chi connectivity index (χ0n) is 6.25. The largest absolute Gasteiger partial charge is 0.197 e. The van der Waals surface area contributed by atoms with Gasteiger partial charge in [-0.3, -0.25) is 0 Å². The Morgan fingerprint density at radius 3 is 2.27 bits per heavy atom. The summed E-state index contributed by atoms with van der Waals surface area (Å²) < 4.78 is 0. The van der Waals surface area contributed by atoms with Gasteiger partial charge in [-0.25, -0.2) is 0 Å². The summed E-state index contributed by atoms with van der Waals surface area (Å²) in [7, 11) is 0. The standard InChI is InChI=1S/C9H11B.H4Si/c1-3-10(2)9-7-5-4-6-8-9;/h3-8H,1H2,2H3;1H4. The number of benzene rings is 1. The highest BCUT2D eigenvalue weighted by Crippen LogP contribution is 1.87. The molecule has 0 heterocycles. The monoisotopic (exact) mass is 162 g/mol. The van der Waals surface area contributed by atoms with E-state index in [2.05, 4.69) is 37.7 Å². The van der Waals surface area contributed by atoms with Crippen LogP contribution in [0.5, 0.6) is 0 Å². The van der Waals surface area contributed by atoms with E-state index < -0.39 is 0 Å². The third kappa shape index (κ3) is 2.76. The minimum atomic E-state index is 0. The van der Waals surface area contributed by atoms with Crippen molar-refractivity contribution >= 4 is 23.1 Å². The molecule has 0 amide bonds. The molecule has 1 aromatic carbocycles. The molecule has 0 unspecified atom stereocenters. The maximum absolute atomic E-state index is 3.74. The van der Waals surface area contributed by atoms with Crippen molar-refractivity contribution in [3.05, 3.63) is 42.9 Å². The lowest BCUT2D eigenvalue weighted by molar-refractivity contribution is 1.75. The molecule has 0 N–H and O–H groups in total. The lowest BCUT2D eigenvalue weighted by Crippen LogP contribution is -2.23. The van der Waals surface area contributed by atoms with E-state index in [4.69, 9.17) is 0 Å². The molecule has 0 radical (unpaired) electrons. The van der Waals surface area contributed by atoms with E-state index in [1.54, 1.807) is 0 Å². The fraction of sp³-hybridized carbons (Fsp3) is 0.111. The Bertz CT molecular complexity index is 208. The Balaban J connectivity index is 0.000001000. The molecule has 0 atom stereocenters. The second kappa shape index (κ2) is 4.97. The minimum absolute atomic E-state index is 0. The summed E-state index contributed by atoms with van der Waals surface area (Å²) in [5, 5.41) is 0. The normalized spacial score (nSPS) is 8.09. The molecule has 0 spiro atoms. The number of rotatable bonds is 2. The van der Waals surface area contributed by atoms with Gasteiger partial charge in [0, 0.05) is 0 Å². The quantitative estimate of drug-likeness (QED) is 0.548. The second-order valence-electron chi connectivity index (χ2n) is 2.44. The van der Waals surface area contributed by atoms with E-state index in [-0.39, 0.29) is 11.0 Å². The molecule has 0 aliphatic carbocycles. The van der Waals surface area contributed by atoms with Crippen molar-refractivity contribution in [2.45, 2.75) is 6.82 Å². The molecule has 58 valence electrons. The van der Waals surface area contributed by atoms with Gasteiger partial charge in [0.1, 0.15) is 0 Å². The van der Waals surface area contributed by atoms with Crippen molar-refractivity contribution in [1.82, 2.24) is 0 Å². The second-order valence-corrected chi connectivity index (χ2v) is 2.44. The van der Waals surface area contributed by atoms with Crippen molar-refractivity contribution < 1.29 is 0 Å². The lowest BCUT2D eigenvalue weighted by atomic mass is 9.47. The molecule has 0 fully saturated rings. The first-order valence-electron chi connectivity index (χ1n) is 3.52. The van der Waals surface area contributed by atoms with Crippen LogP contribution in [0.15, 0.2) is 42.9 Å². The smallest absolute Gasteiger partial charge is 0.117 e. The number of hydrogen-bond donors (Lipinski definition) is 0. The van der Waals surface area contributed by atoms with Crippen molar-refractivity contribution in [3.8, 4) is 0 Å². The van der Waals surface area contributed by atoms with Crippen molar-refractivity contribution in [2.75, 3.05) is 0 Å². The molecule has 1 rings (SSSR count). The van der Waals surface area contributed by atoms with Crippen LogP contribution in [0.25, 0.3) is 0 Å². The van der Waals surface area contributed by atoms with Gasteiger partial charge in [0.25, 0.3) is 0 Å². The zero-order valence-corrected chi connectivity index (χ0v) is 6.25. The van der Waals surface area contributed by atoms with E-state index in [1.807, 2.05) is 12.0 Å². The molecule has 0 aliphatic rings. The Hall–Kier alpha value is -0.758. The van der Waals surface area contributed by atoms with Gasteiger partial charge >= 0.3 is 0 Å². The molecule has 2 heteroatoms. The topological polar surface area (TPSA) is 0 Å². The molecular formula is C9H15BSi. The van der Waals surface area contributed by atoms with Crippen LogP contribution in [0.1, 0.15) is 0 Å². The predicted molar refractivity (Wildman–Crippen MR) is 59.2 cm³/mol. The van der Waals surface area contributed by atoms with Gasteiger partial charge in [0.2, 0.25) is 0 Å². The van der Waals surface area contributed by atoms with Gasteiger partial charge in [0.15, 0.2) is 6.71 Å². The molecule has 0 aliphatic heterocycles. The first kappa shape index (κ1) is 10.2. The summed E-state index contributed by atoms with van der Waals surface area (Å²) in [6.45, 7) is 6.35. The summed E-state index contributed by atoms with van der Waals surface area (Å²) in [4.78, 5) is 0. The molecule has 0 bridgehead atoms. The van der Waals surface area contributed by atoms with Gasteiger partial charge in [-0.1, -0.05) is 42.6 Å². The van der Waals surface area contributed by atoms with E-state index in [0.717, 1.165) is 0 Å². The Morgan fingerprint density at radius 1 is 1.27 bits per heavy atom. The van der Waals surface area contributed by atoms with Gasteiger partial charge in [-0.05, 0) is 11.0 Å². The summed E-state index contributed by atoms with van der Waals surface area (Å²) in [6.07, 6.45) is 0. The third-order valence-electron chi connectivity index (χ3n) is 1.68. The molecule has 0 saturated carbocycles. The summed E-state index contributed by atoms with van der Waals surface area (Å²) in [5.74, 6) is 1.95. The highest BCUT2D eigenvalue weighted by atomic mass is 28.1. The van der Waals surface area contributed by atoms with Crippen molar-refractivity contribution in [3.63, 3.8) is 0 Å². The van der Waals surface area contributed by atoms with Gasteiger partial charge in [-0.15, -0.1) is 12.6 Å². The first-order valence-corrected chi connectivity index (χ1v) is 3.52. The fourth-order valence-corrected chi connectivity index (χ4v) is 0.893. The number of hydrogen-bond acceptors (Lipinski definition) is 0. The van der Waals surface area contributed by atoms with Crippen LogP contribution >= 0.6 is 0 Å². The zero-order chi connectivity index (χ0) is 7.40. The molecule has 1 aromatic rings. The predicted octanol–water partition coefficient (Wildman–Crippen LogP) is 0.292. The highest BCUT2D eigenvalue weighted by Gasteiger charge is 2.01. The molecular weight excluding hydrogens is 147 g/mol. The third-order valence-corrected chi connectivity index (χ3v) is 1.68. The molecule has 0 nitrogen and oxygen atoms in total. The van der Waals surface area contributed by atoms with Crippen LogP contribution < -0.4 is 5.46 Å². The summed E-state index contributed by atoms with van der Waals surface area (Å²) in [6, 6.07) is 10.4. The van der Waals surface area contributed by atoms with Crippen molar-refractivity contribution in [2.24, 2.45) is 0 Å². The van der Waals surface area contributed by atoms with Crippen LogP contribution in [0, 0.1) is 0 Å². The van der Waals surface area contributed by atoms with E-state index in [1.165, 1.54) is 5.46 Å². The van der Waals surface area contributed by atoms with E-state index in [9.17, 15) is 0 Å². The fourth-order valence-electron chi connectivity index (χ4n) is 0.893. The Kier molecular flexibility index (Phi) is 4.63. The van der Waals surface area contributed by atoms with Crippen molar-refractivity contribution in [1.29, 1.82) is 0 Å². The molecule has 0 saturated heterocycles. The van der Waals surface area contributed by atoms with Crippen LogP contribution in [0.3, 0.4) is 0 Å². The van der Waals surface area contributed by atoms with Gasteiger partial charge in [0.05, 0.1) is 0 Å². The SMILES string of the molecule is C=CB(C)c1ccccc1.[SiH4]. The summed E-state index contributed by atoms with van der Waals surface area (Å²) >= 11 is 0. The molecule has 0 aromatic heterocycles. The highest BCUT2D eigenvalue weighted by molar-refractivity contribution is 6.76. The lowest BCUT2D eigenvalue weighted by Gasteiger charge is -1.99. The average Bonchev–Trinajstić information content (AvgIpc) is 2.05. The van der Waals surface area contributed by atoms with Crippen LogP contribution in [-0.4, -0.2) is 17.7 Å².